The van der Waals surface area contributed by atoms with Gasteiger partial charge in [0, 0.05) is 10.9 Å². The fourth-order valence-corrected chi connectivity index (χ4v) is 3.48. The van der Waals surface area contributed by atoms with Crippen LogP contribution in [0.15, 0.2) is 23.7 Å². The Morgan fingerprint density at radius 3 is 2.45 bits per heavy atom. The van der Waals surface area contributed by atoms with Crippen molar-refractivity contribution in [3.63, 3.8) is 0 Å². The van der Waals surface area contributed by atoms with E-state index in [2.05, 4.69) is 56.2 Å². The molecule has 2 aromatic rings. The van der Waals surface area contributed by atoms with Crippen LogP contribution in [-0.2, 0) is 6.42 Å². The molecule has 1 unspecified atom stereocenters. The summed E-state index contributed by atoms with van der Waals surface area (Å²) in [7, 11) is 0. The lowest BCUT2D eigenvalue weighted by atomic mass is 9.95. The maximum absolute atomic E-state index is 4.41. The SMILES string of the molecule is CCCNC(Cc1c(C)cccc1C)c1scnc1C. The van der Waals surface area contributed by atoms with Crippen molar-refractivity contribution in [3.8, 4) is 0 Å². The van der Waals surface area contributed by atoms with Crippen LogP contribution in [0.25, 0.3) is 0 Å². The van der Waals surface area contributed by atoms with Gasteiger partial charge in [-0.05, 0) is 56.8 Å². The first-order valence-electron chi connectivity index (χ1n) is 7.32. The average Bonchev–Trinajstić information content (AvgIpc) is 2.84. The predicted octanol–water partition coefficient (Wildman–Crippen LogP) is 4.35. The molecule has 0 spiro atoms. The van der Waals surface area contributed by atoms with Crippen molar-refractivity contribution in [3.05, 3.63) is 51.0 Å². The van der Waals surface area contributed by atoms with Crippen molar-refractivity contribution in [1.82, 2.24) is 10.3 Å². The number of nitrogens with zero attached hydrogens (tertiary/aromatic N) is 1. The van der Waals surface area contributed by atoms with Crippen molar-refractivity contribution in [2.24, 2.45) is 0 Å². The topological polar surface area (TPSA) is 24.9 Å². The molecule has 1 aromatic carbocycles. The van der Waals surface area contributed by atoms with Gasteiger partial charge in [-0.1, -0.05) is 25.1 Å². The van der Waals surface area contributed by atoms with E-state index < -0.39 is 0 Å². The van der Waals surface area contributed by atoms with Crippen LogP contribution >= 0.6 is 11.3 Å². The summed E-state index contributed by atoms with van der Waals surface area (Å²) in [6, 6.07) is 6.93. The fraction of sp³-hybridized carbons (Fsp3) is 0.471. The number of rotatable bonds is 6. The molecule has 0 aliphatic carbocycles. The highest BCUT2D eigenvalue weighted by Gasteiger charge is 2.17. The number of aryl methyl sites for hydroxylation is 3. The third-order valence-corrected chi connectivity index (χ3v) is 4.84. The summed E-state index contributed by atoms with van der Waals surface area (Å²) in [5, 5.41) is 3.69. The monoisotopic (exact) mass is 288 g/mol. The highest BCUT2D eigenvalue weighted by molar-refractivity contribution is 7.09. The highest BCUT2D eigenvalue weighted by atomic mass is 32.1. The van der Waals surface area contributed by atoms with Gasteiger partial charge in [-0.2, -0.15) is 0 Å². The van der Waals surface area contributed by atoms with E-state index in [9.17, 15) is 0 Å². The van der Waals surface area contributed by atoms with E-state index in [0.29, 0.717) is 6.04 Å². The number of benzene rings is 1. The second-order valence-corrected chi connectivity index (χ2v) is 6.27. The van der Waals surface area contributed by atoms with Crippen LogP contribution < -0.4 is 5.32 Å². The van der Waals surface area contributed by atoms with E-state index in [-0.39, 0.29) is 0 Å². The summed E-state index contributed by atoms with van der Waals surface area (Å²) >= 11 is 1.77. The predicted molar refractivity (Wildman–Crippen MR) is 87.5 cm³/mol. The van der Waals surface area contributed by atoms with Crippen molar-refractivity contribution in [2.45, 2.75) is 46.6 Å². The van der Waals surface area contributed by atoms with Crippen LogP contribution in [0.1, 0.15) is 46.6 Å². The molecule has 0 bridgehead atoms. The summed E-state index contributed by atoms with van der Waals surface area (Å²) in [6.45, 7) is 9.78. The van der Waals surface area contributed by atoms with Gasteiger partial charge in [0.2, 0.25) is 0 Å². The number of hydrogen-bond donors (Lipinski definition) is 1. The van der Waals surface area contributed by atoms with Crippen molar-refractivity contribution < 1.29 is 0 Å². The Balaban J connectivity index is 2.26. The summed E-state index contributed by atoms with van der Waals surface area (Å²) < 4.78 is 0. The first-order valence-corrected chi connectivity index (χ1v) is 8.20. The molecular weight excluding hydrogens is 264 g/mol. The lowest BCUT2D eigenvalue weighted by molar-refractivity contribution is 0.532. The molecule has 0 saturated heterocycles. The van der Waals surface area contributed by atoms with Gasteiger partial charge in [-0.25, -0.2) is 4.98 Å². The molecular formula is C17H24N2S. The molecule has 0 fully saturated rings. The maximum Gasteiger partial charge on any atom is 0.0798 e. The van der Waals surface area contributed by atoms with Crippen LogP contribution in [0.2, 0.25) is 0 Å². The number of aromatic nitrogens is 1. The molecule has 1 aromatic heterocycles. The largest absolute Gasteiger partial charge is 0.309 e. The summed E-state index contributed by atoms with van der Waals surface area (Å²) in [5.74, 6) is 0. The Kier molecular flexibility index (Phi) is 5.32. The Bertz CT molecular complexity index is 540. The van der Waals surface area contributed by atoms with E-state index in [1.54, 1.807) is 11.3 Å². The van der Waals surface area contributed by atoms with Crippen LogP contribution in [-0.4, -0.2) is 11.5 Å². The van der Waals surface area contributed by atoms with Crippen LogP contribution in [0.5, 0.6) is 0 Å². The smallest absolute Gasteiger partial charge is 0.0798 e. The van der Waals surface area contributed by atoms with Gasteiger partial charge < -0.3 is 5.32 Å². The zero-order chi connectivity index (χ0) is 14.5. The number of thiazole rings is 1. The number of hydrogen-bond acceptors (Lipinski definition) is 3. The second kappa shape index (κ2) is 7.00. The van der Waals surface area contributed by atoms with E-state index in [1.165, 1.54) is 21.6 Å². The van der Waals surface area contributed by atoms with Gasteiger partial charge in [0.25, 0.3) is 0 Å². The molecule has 0 aliphatic rings. The van der Waals surface area contributed by atoms with Crippen molar-refractivity contribution >= 4 is 11.3 Å². The minimum absolute atomic E-state index is 0.377. The van der Waals surface area contributed by atoms with Gasteiger partial charge in [0.15, 0.2) is 0 Å². The lowest BCUT2D eigenvalue weighted by Crippen LogP contribution is -2.24. The van der Waals surface area contributed by atoms with Gasteiger partial charge in [0.1, 0.15) is 0 Å². The molecule has 2 nitrogen and oxygen atoms in total. The van der Waals surface area contributed by atoms with Crippen molar-refractivity contribution in [1.29, 1.82) is 0 Å². The molecule has 0 aliphatic heterocycles. The molecule has 108 valence electrons. The van der Waals surface area contributed by atoms with E-state index in [0.717, 1.165) is 25.1 Å². The Labute approximate surface area is 126 Å². The zero-order valence-corrected chi connectivity index (χ0v) is 13.7. The number of nitrogens with one attached hydrogen (secondary N) is 1. The first-order chi connectivity index (χ1) is 9.63. The summed E-state index contributed by atoms with van der Waals surface area (Å²) in [5.41, 5.74) is 7.35. The first kappa shape index (κ1) is 15.2. The minimum Gasteiger partial charge on any atom is -0.309 e. The third kappa shape index (κ3) is 3.47. The Hall–Kier alpha value is -1.19. The summed E-state index contributed by atoms with van der Waals surface area (Å²) in [4.78, 5) is 5.79. The molecule has 0 amide bonds. The van der Waals surface area contributed by atoms with E-state index in [1.807, 2.05) is 5.51 Å². The quantitative estimate of drug-likeness (QED) is 0.854. The molecule has 20 heavy (non-hydrogen) atoms. The van der Waals surface area contributed by atoms with Crippen LogP contribution in [0, 0.1) is 20.8 Å². The maximum atomic E-state index is 4.41. The van der Waals surface area contributed by atoms with Crippen LogP contribution in [0.3, 0.4) is 0 Å². The van der Waals surface area contributed by atoms with Gasteiger partial charge in [-0.15, -0.1) is 11.3 Å². The molecule has 1 atom stereocenters. The van der Waals surface area contributed by atoms with Crippen LogP contribution in [0.4, 0.5) is 0 Å². The van der Waals surface area contributed by atoms with Gasteiger partial charge >= 0.3 is 0 Å². The Morgan fingerprint density at radius 2 is 1.90 bits per heavy atom. The van der Waals surface area contributed by atoms with Gasteiger partial charge in [-0.3, -0.25) is 0 Å². The molecule has 1 heterocycles. The van der Waals surface area contributed by atoms with Gasteiger partial charge in [0.05, 0.1) is 11.2 Å². The molecule has 3 heteroatoms. The lowest BCUT2D eigenvalue weighted by Gasteiger charge is -2.20. The highest BCUT2D eigenvalue weighted by Crippen LogP contribution is 2.27. The molecule has 0 radical (unpaired) electrons. The fourth-order valence-electron chi connectivity index (χ4n) is 2.60. The summed E-state index contributed by atoms with van der Waals surface area (Å²) in [6.07, 6.45) is 2.20. The standard InChI is InChI=1S/C17H24N2S/c1-5-9-18-16(17-14(4)19-11-20-17)10-15-12(2)7-6-8-13(15)3/h6-8,11,16,18H,5,9-10H2,1-4H3. The second-order valence-electron chi connectivity index (χ2n) is 5.38. The van der Waals surface area contributed by atoms with Crippen molar-refractivity contribution in [2.75, 3.05) is 6.54 Å². The van der Waals surface area contributed by atoms with E-state index in [4.69, 9.17) is 0 Å². The Morgan fingerprint density at radius 1 is 1.20 bits per heavy atom. The molecule has 2 rings (SSSR count). The van der Waals surface area contributed by atoms with E-state index >= 15 is 0 Å². The normalized spacial score (nSPS) is 12.6. The molecule has 0 saturated carbocycles. The zero-order valence-electron chi connectivity index (χ0n) is 12.9. The third-order valence-electron chi connectivity index (χ3n) is 3.79. The molecule has 1 N–H and O–H groups in total. The average molecular weight is 288 g/mol. The minimum atomic E-state index is 0.377.